The van der Waals surface area contributed by atoms with Crippen molar-refractivity contribution < 1.29 is 28.6 Å². The highest BCUT2D eigenvalue weighted by Crippen LogP contribution is 2.60. The Bertz CT molecular complexity index is 1560. The number of halogens is 2. The fourth-order valence-corrected chi connectivity index (χ4v) is 6.88. The molecule has 216 valence electrons. The molecule has 0 aromatic heterocycles. The Morgan fingerprint density at radius 1 is 1.00 bits per heavy atom. The average molecular weight is 621 g/mol. The lowest BCUT2D eigenvalue weighted by molar-refractivity contribution is -0.384. The molecule has 0 spiro atoms. The number of nitro groups is 1. The molecule has 2 heterocycles. The third kappa shape index (κ3) is 4.65. The van der Waals surface area contributed by atoms with E-state index in [4.69, 9.17) is 52.0 Å². The number of hydrogen-bond donors (Lipinski definition) is 0. The maximum absolute atomic E-state index is 11.4. The number of rotatable bonds is 9. The minimum Gasteiger partial charge on any atom is -0.493 e. The maximum Gasteiger partial charge on any atom is 0.285 e. The first-order valence-corrected chi connectivity index (χ1v) is 14.2. The predicted octanol–water partition coefficient (Wildman–Crippen LogP) is 7.11. The summed E-state index contributed by atoms with van der Waals surface area (Å²) in [5.74, 6) is -0.339. The summed E-state index contributed by atoms with van der Waals surface area (Å²) in [6, 6.07) is 13.2. The van der Waals surface area contributed by atoms with Crippen LogP contribution in [0.4, 0.5) is 11.4 Å². The van der Waals surface area contributed by atoms with Crippen LogP contribution in [0.3, 0.4) is 0 Å². The molecular weight excluding hydrogens is 593 g/mol. The summed E-state index contributed by atoms with van der Waals surface area (Å²) in [5, 5.41) is 16.8. The highest BCUT2D eigenvalue weighted by molar-refractivity contribution is 8.03. The Kier molecular flexibility index (Phi) is 8.01. The first-order valence-electron chi connectivity index (χ1n) is 12.7. The number of fused-ring (bicyclic) bond motifs is 3. The number of ether oxygens (including phenoxy) is 5. The van der Waals surface area contributed by atoms with Crippen LogP contribution in [0.1, 0.15) is 30.5 Å². The summed E-state index contributed by atoms with van der Waals surface area (Å²) in [4.78, 5) is 9.40. The van der Waals surface area contributed by atoms with Gasteiger partial charge in [-0.2, -0.15) is 5.10 Å². The lowest BCUT2D eigenvalue weighted by atomic mass is 9.87. The molecular formula is C28H27Cl2N3O7S. The van der Waals surface area contributed by atoms with Crippen molar-refractivity contribution in [3.05, 3.63) is 85.4 Å². The molecule has 2 unspecified atom stereocenters. The second-order valence-corrected chi connectivity index (χ2v) is 11.0. The molecule has 0 N–H and O–H groups in total. The number of nitrogens with zero attached hydrogens (tertiary/aromatic N) is 3. The van der Waals surface area contributed by atoms with E-state index in [1.165, 1.54) is 32.4 Å². The molecule has 2 aliphatic heterocycles. The third-order valence-electron chi connectivity index (χ3n) is 6.67. The van der Waals surface area contributed by atoms with Gasteiger partial charge >= 0.3 is 0 Å². The molecule has 0 aliphatic carbocycles. The predicted molar refractivity (Wildman–Crippen MR) is 159 cm³/mol. The van der Waals surface area contributed by atoms with Crippen LogP contribution in [0, 0.1) is 17.0 Å². The molecule has 2 aliphatic rings. The van der Waals surface area contributed by atoms with Crippen LogP contribution < -0.4 is 18.6 Å². The molecule has 13 heteroatoms. The zero-order chi connectivity index (χ0) is 29.5. The highest BCUT2D eigenvalue weighted by atomic mass is 35.5. The van der Waals surface area contributed by atoms with Crippen LogP contribution in [0.15, 0.2) is 53.6 Å². The molecule has 0 fully saturated rings. The van der Waals surface area contributed by atoms with E-state index < -0.39 is 15.6 Å². The number of non-ortho nitro benzene ring substituents is 1. The highest BCUT2D eigenvalue weighted by Gasteiger charge is 2.69. The Hall–Kier alpha value is -3.22. The summed E-state index contributed by atoms with van der Waals surface area (Å²) in [5.41, 5.74) is 2.88. The van der Waals surface area contributed by atoms with Crippen LogP contribution in [-0.4, -0.2) is 43.0 Å². The molecule has 0 radical (unpaired) electrons. The molecule has 41 heavy (non-hydrogen) atoms. The summed E-state index contributed by atoms with van der Waals surface area (Å²) in [6.45, 7) is 6.12. The van der Waals surface area contributed by atoms with Crippen molar-refractivity contribution in [1.29, 1.82) is 0 Å². The zero-order valence-electron chi connectivity index (χ0n) is 22.9. The van der Waals surface area contributed by atoms with E-state index in [2.05, 4.69) is 0 Å². The molecule has 0 amide bonds. The summed E-state index contributed by atoms with van der Waals surface area (Å²) >= 11 is 14.7. The molecule has 2 atom stereocenters. The van der Waals surface area contributed by atoms with Gasteiger partial charge in [0.1, 0.15) is 11.5 Å². The van der Waals surface area contributed by atoms with E-state index in [-0.39, 0.29) is 28.9 Å². The molecule has 3 aromatic rings. The standard InChI is InChI=1S/C28H27Cl2N3O7S/c1-6-38-27(19-14-24(36-4)25(37-5)15-20(19)29)28(39-7-2)26(18-12-16(3)8-11-23(18)40-27)31-32(41-28)22-10-9-17(33(34)35)13-21(22)30/h8-15H,6-7H2,1-5H3. The zero-order valence-corrected chi connectivity index (χ0v) is 25.2. The summed E-state index contributed by atoms with van der Waals surface area (Å²) in [7, 11) is 3.05. The molecule has 5 rings (SSSR count). The number of hydrazone groups is 1. The van der Waals surface area contributed by atoms with Gasteiger partial charge in [0, 0.05) is 48.9 Å². The van der Waals surface area contributed by atoms with Gasteiger partial charge in [0.05, 0.1) is 40.4 Å². The van der Waals surface area contributed by atoms with Crippen molar-refractivity contribution in [2.24, 2.45) is 5.10 Å². The minimum atomic E-state index is -1.68. The van der Waals surface area contributed by atoms with Gasteiger partial charge in [0.2, 0.25) is 4.93 Å². The number of benzene rings is 3. The van der Waals surface area contributed by atoms with Crippen molar-refractivity contribution >= 4 is 52.2 Å². The SMILES string of the molecule is CCOC12SN(c3ccc([N+](=O)[O-])cc3Cl)N=C1c1cc(C)ccc1OC2(OCC)c1cc(OC)c(OC)cc1Cl. The van der Waals surface area contributed by atoms with E-state index >= 15 is 0 Å². The molecule has 10 nitrogen and oxygen atoms in total. The van der Waals surface area contributed by atoms with Gasteiger partial charge < -0.3 is 23.7 Å². The lowest BCUT2D eigenvalue weighted by Crippen LogP contribution is -2.63. The van der Waals surface area contributed by atoms with Crippen LogP contribution in [0.5, 0.6) is 17.2 Å². The van der Waals surface area contributed by atoms with Gasteiger partial charge in [-0.05, 0) is 45.0 Å². The normalized spacial score (nSPS) is 21.0. The van der Waals surface area contributed by atoms with Gasteiger partial charge in [0.25, 0.3) is 11.5 Å². The Labute approximate surface area is 251 Å². The summed E-state index contributed by atoms with van der Waals surface area (Å²) in [6.07, 6.45) is 0. The van der Waals surface area contributed by atoms with E-state index in [0.717, 1.165) is 17.5 Å². The van der Waals surface area contributed by atoms with Crippen molar-refractivity contribution in [3.8, 4) is 17.2 Å². The van der Waals surface area contributed by atoms with E-state index in [9.17, 15) is 10.1 Å². The van der Waals surface area contributed by atoms with E-state index in [0.29, 0.717) is 39.8 Å². The van der Waals surface area contributed by atoms with Crippen molar-refractivity contribution in [1.82, 2.24) is 0 Å². The van der Waals surface area contributed by atoms with Crippen molar-refractivity contribution in [2.45, 2.75) is 31.5 Å². The van der Waals surface area contributed by atoms with Crippen LogP contribution >= 0.6 is 35.1 Å². The molecule has 0 saturated carbocycles. The van der Waals surface area contributed by atoms with E-state index in [1.807, 2.05) is 39.0 Å². The molecule has 3 aromatic carbocycles. The van der Waals surface area contributed by atoms with Crippen molar-refractivity contribution in [2.75, 3.05) is 31.8 Å². The number of anilines is 1. The van der Waals surface area contributed by atoms with Gasteiger partial charge in [-0.1, -0.05) is 34.8 Å². The van der Waals surface area contributed by atoms with Crippen LogP contribution in [0.2, 0.25) is 10.0 Å². The van der Waals surface area contributed by atoms with Crippen LogP contribution in [-0.2, 0) is 15.3 Å². The topological polar surface area (TPSA) is 105 Å². The molecule has 0 bridgehead atoms. The quantitative estimate of drug-likeness (QED) is 0.141. The van der Waals surface area contributed by atoms with Gasteiger partial charge in [-0.25, -0.2) is 4.41 Å². The van der Waals surface area contributed by atoms with Gasteiger partial charge in [-0.15, -0.1) is 0 Å². The fraction of sp³-hybridized carbons (Fsp3) is 0.321. The first kappa shape index (κ1) is 29.3. The lowest BCUT2D eigenvalue weighted by Gasteiger charge is -2.49. The Morgan fingerprint density at radius 3 is 2.34 bits per heavy atom. The maximum atomic E-state index is 11.4. The first-order chi connectivity index (χ1) is 19.6. The second-order valence-electron chi connectivity index (χ2n) is 9.09. The van der Waals surface area contributed by atoms with Gasteiger partial charge in [-0.3, -0.25) is 10.1 Å². The largest absolute Gasteiger partial charge is 0.493 e. The fourth-order valence-electron chi connectivity index (χ4n) is 4.93. The number of hydrogen-bond acceptors (Lipinski definition) is 10. The monoisotopic (exact) mass is 619 g/mol. The average Bonchev–Trinajstić information content (AvgIpc) is 3.34. The third-order valence-corrected chi connectivity index (χ3v) is 8.57. The Morgan fingerprint density at radius 2 is 1.71 bits per heavy atom. The summed E-state index contributed by atoms with van der Waals surface area (Å²) < 4.78 is 32.6. The van der Waals surface area contributed by atoms with Crippen LogP contribution in [0.25, 0.3) is 0 Å². The van der Waals surface area contributed by atoms with E-state index in [1.54, 1.807) is 16.5 Å². The van der Waals surface area contributed by atoms with Crippen molar-refractivity contribution in [3.63, 3.8) is 0 Å². The Balaban J connectivity index is 1.81. The smallest absolute Gasteiger partial charge is 0.285 e. The number of nitro benzene ring substituents is 1. The number of aryl methyl sites for hydroxylation is 1. The van der Waals surface area contributed by atoms with Gasteiger partial charge in [0.15, 0.2) is 11.5 Å². The minimum absolute atomic E-state index is 0.137. The molecule has 0 saturated heterocycles. The second kappa shape index (κ2) is 11.2. The number of methoxy groups -OCH3 is 2.